The fourth-order valence-corrected chi connectivity index (χ4v) is 3.62. The van der Waals surface area contributed by atoms with Crippen molar-refractivity contribution < 1.29 is 9.90 Å². The summed E-state index contributed by atoms with van der Waals surface area (Å²) in [6, 6.07) is 4.07. The molecule has 6 nitrogen and oxygen atoms in total. The van der Waals surface area contributed by atoms with E-state index in [9.17, 15) is 9.90 Å². The van der Waals surface area contributed by atoms with Crippen LogP contribution in [0.15, 0.2) is 12.1 Å². The van der Waals surface area contributed by atoms with E-state index in [1.165, 1.54) is 5.56 Å². The van der Waals surface area contributed by atoms with Crippen LogP contribution < -0.4 is 10.2 Å². The summed E-state index contributed by atoms with van der Waals surface area (Å²) in [4.78, 5) is 23.7. The molecule has 0 radical (unpaired) electrons. The Morgan fingerprint density at radius 1 is 1.19 bits per heavy atom. The molecule has 0 spiro atoms. The second kappa shape index (κ2) is 7.03. The molecule has 1 aliphatic rings. The number of benzene rings is 1. The van der Waals surface area contributed by atoms with Crippen LogP contribution in [-0.2, 0) is 11.2 Å². The molecule has 2 aromatic rings. The SMILES string of the molecule is CCC(CO)Nc1nc(C)nc2c1CC(=O)N2c1c(C)cc(C)cc1C. The van der Waals surface area contributed by atoms with Gasteiger partial charge in [-0.3, -0.25) is 9.69 Å². The van der Waals surface area contributed by atoms with Crippen LogP contribution in [0.1, 0.15) is 41.4 Å². The Hall–Kier alpha value is -2.47. The van der Waals surface area contributed by atoms with Gasteiger partial charge in [-0.1, -0.05) is 24.6 Å². The molecule has 2 N–H and O–H groups in total. The van der Waals surface area contributed by atoms with Crippen LogP contribution in [0.2, 0.25) is 0 Å². The Kier molecular flexibility index (Phi) is 4.96. The Labute approximate surface area is 154 Å². The van der Waals surface area contributed by atoms with Gasteiger partial charge in [0.25, 0.3) is 0 Å². The van der Waals surface area contributed by atoms with Gasteiger partial charge >= 0.3 is 0 Å². The zero-order valence-corrected chi connectivity index (χ0v) is 16.1. The van der Waals surface area contributed by atoms with Crippen molar-refractivity contribution in [2.45, 2.75) is 53.5 Å². The van der Waals surface area contributed by atoms with E-state index in [0.29, 0.717) is 17.5 Å². The number of amides is 1. The molecule has 0 fully saturated rings. The molecule has 3 rings (SSSR count). The minimum Gasteiger partial charge on any atom is -0.394 e. The number of aliphatic hydroxyl groups is 1. The fraction of sp³-hybridized carbons (Fsp3) is 0.450. The summed E-state index contributed by atoms with van der Waals surface area (Å²) in [5, 5.41) is 12.8. The van der Waals surface area contributed by atoms with Gasteiger partial charge in [0.15, 0.2) is 0 Å². The Morgan fingerprint density at radius 2 is 1.85 bits per heavy atom. The number of aromatic nitrogens is 2. The predicted octanol–water partition coefficient (Wildman–Crippen LogP) is 3.11. The van der Waals surface area contributed by atoms with Crippen molar-refractivity contribution in [1.82, 2.24) is 9.97 Å². The molecule has 1 aromatic carbocycles. The minimum absolute atomic E-state index is 0.00458. The molecule has 138 valence electrons. The van der Waals surface area contributed by atoms with Crippen molar-refractivity contribution in [3.8, 4) is 0 Å². The number of hydrogen-bond acceptors (Lipinski definition) is 5. The molecule has 0 aliphatic carbocycles. The van der Waals surface area contributed by atoms with Crippen LogP contribution in [-0.4, -0.2) is 33.6 Å². The monoisotopic (exact) mass is 354 g/mol. The molecule has 0 saturated carbocycles. The summed E-state index contributed by atoms with van der Waals surface area (Å²) in [6.07, 6.45) is 1.02. The van der Waals surface area contributed by atoms with Crippen molar-refractivity contribution in [3.63, 3.8) is 0 Å². The van der Waals surface area contributed by atoms with Gasteiger partial charge in [0, 0.05) is 5.56 Å². The van der Waals surface area contributed by atoms with E-state index in [-0.39, 0.29) is 25.0 Å². The number of nitrogens with one attached hydrogen (secondary N) is 1. The Balaban J connectivity index is 2.13. The maximum absolute atomic E-state index is 12.9. The maximum atomic E-state index is 12.9. The highest BCUT2D eigenvalue weighted by molar-refractivity contribution is 6.08. The van der Waals surface area contributed by atoms with Gasteiger partial charge in [0.2, 0.25) is 5.91 Å². The van der Waals surface area contributed by atoms with E-state index in [2.05, 4.69) is 34.3 Å². The molecule has 0 bridgehead atoms. The van der Waals surface area contributed by atoms with Crippen LogP contribution in [0.3, 0.4) is 0 Å². The molecule has 0 saturated heterocycles. The van der Waals surface area contributed by atoms with Gasteiger partial charge in [-0.15, -0.1) is 0 Å². The number of carbonyl (C=O) groups is 1. The lowest BCUT2D eigenvalue weighted by atomic mass is 10.0. The molecule has 26 heavy (non-hydrogen) atoms. The van der Waals surface area contributed by atoms with Crippen LogP contribution in [0, 0.1) is 27.7 Å². The van der Waals surface area contributed by atoms with Gasteiger partial charge in [-0.2, -0.15) is 0 Å². The van der Waals surface area contributed by atoms with Crippen LogP contribution >= 0.6 is 0 Å². The van der Waals surface area contributed by atoms with Gasteiger partial charge in [-0.25, -0.2) is 9.97 Å². The third-order valence-corrected chi connectivity index (χ3v) is 4.80. The predicted molar refractivity (Wildman–Crippen MR) is 103 cm³/mol. The normalized spacial score (nSPS) is 14.5. The molecule has 1 aromatic heterocycles. The molecular formula is C20H26N4O2. The number of fused-ring (bicyclic) bond motifs is 1. The summed E-state index contributed by atoms with van der Waals surface area (Å²) in [6.45, 7) is 9.93. The number of hydrogen-bond donors (Lipinski definition) is 2. The van der Waals surface area contributed by atoms with Crippen molar-refractivity contribution in [2.75, 3.05) is 16.8 Å². The van der Waals surface area contributed by atoms with E-state index in [0.717, 1.165) is 28.8 Å². The average molecular weight is 354 g/mol. The quantitative estimate of drug-likeness (QED) is 0.862. The maximum Gasteiger partial charge on any atom is 0.237 e. The van der Waals surface area contributed by atoms with E-state index in [4.69, 9.17) is 0 Å². The van der Waals surface area contributed by atoms with Crippen LogP contribution in [0.5, 0.6) is 0 Å². The summed E-state index contributed by atoms with van der Waals surface area (Å²) in [5.74, 6) is 1.88. The molecule has 1 amide bonds. The first-order valence-electron chi connectivity index (χ1n) is 9.01. The topological polar surface area (TPSA) is 78.3 Å². The van der Waals surface area contributed by atoms with Crippen molar-refractivity contribution in [1.29, 1.82) is 0 Å². The standard InChI is InChI=1S/C20H26N4O2/c1-6-15(10-25)23-19-16-9-17(26)24(20(16)22-14(5)21-19)18-12(3)7-11(2)8-13(18)4/h7-8,15,25H,6,9-10H2,1-5H3,(H,21,22,23). The highest BCUT2D eigenvalue weighted by Crippen LogP contribution is 2.40. The Morgan fingerprint density at radius 3 is 2.42 bits per heavy atom. The molecule has 6 heteroatoms. The summed E-state index contributed by atoms with van der Waals surface area (Å²) < 4.78 is 0. The lowest BCUT2D eigenvalue weighted by Gasteiger charge is -2.23. The second-order valence-corrected chi connectivity index (χ2v) is 7.01. The zero-order valence-electron chi connectivity index (χ0n) is 16.1. The largest absolute Gasteiger partial charge is 0.394 e. The third-order valence-electron chi connectivity index (χ3n) is 4.80. The highest BCUT2D eigenvalue weighted by Gasteiger charge is 2.35. The minimum atomic E-state index is -0.0969. The van der Waals surface area contributed by atoms with Crippen molar-refractivity contribution in [2.24, 2.45) is 0 Å². The van der Waals surface area contributed by atoms with Gasteiger partial charge < -0.3 is 10.4 Å². The van der Waals surface area contributed by atoms with E-state index in [1.54, 1.807) is 4.90 Å². The summed E-state index contributed by atoms with van der Waals surface area (Å²) in [5.41, 5.74) is 4.97. The smallest absolute Gasteiger partial charge is 0.237 e. The number of nitrogens with zero attached hydrogens (tertiary/aromatic N) is 3. The van der Waals surface area contributed by atoms with Crippen molar-refractivity contribution in [3.05, 3.63) is 40.2 Å². The second-order valence-electron chi connectivity index (χ2n) is 7.01. The zero-order chi connectivity index (χ0) is 19.0. The van der Waals surface area contributed by atoms with Gasteiger partial charge in [-0.05, 0) is 45.2 Å². The van der Waals surface area contributed by atoms with Crippen LogP contribution in [0.25, 0.3) is 0 Å². The van der Waals surface area contributed by atoms with Crippen molar-refractivity contribution >= 4 is 23.2 Å². The summed E-state index contributed by atoms with van der Waals surface area (Å²) in [7, 11) is 0. The van der Waals surface area contributed by atoms with Crippen LogP contribution in [0.4, 0.5) is 17.3 Å². The average Bonchev–Trinajstić information content (AvgIpc) is 2.88. The number of rotatable bonds is 5. The first-order valence-corrected chi connectivity index (χ1v) is 9.01. The summed E-state index contributed by atoms with van der Waals surface area (Å²) >= 11 is 0. The van der Waals surface area contributed by atoms with E-state index >= 15 is 0 Å². The fourth-order valence-electron chi connectivity index (χ4n) is 3.62. The molecular weight excluding hydrogens is 328 g/mol. The molecule has 1 atom stereocenters. The molecule has 1 unspecified atom stereocenters. The molecule has 1 aliphatic heterocycles. The highest BCUT2D eigenvalue weighted by atomic mass is 16.3. The Bertz CT molecular complexity index is 836. The number of aryl methyl sites for hydroxylation is 4. The van der Waals surface area contributed by atoms with Gasteiger partial charge in [0.05, 0.1) is 24.8 Å². The van der Waals surface area contributed by atoms with E-state index < -0.39 is 0 Å². The lowest BCUT2D eigenvalue weighted by Crippen LogP contribution is -2.24. The number of aliphatic hydroxyl groups excluding tert-OH is 1. The van der Waals surface area contributed by atoms with E-state index in [1.807, 2.05) is 27.7 Å². The first-order chi connectivity index (χ1) is 12.3. The lowest BCUT2D eigenvalue weighted by molar-refractivity contribution is -0.116. The first kappa shape index (κ1) is 18.3. The third kappa shape index (κ3) is 3.17. The number of carbonyl (C=O) groups excluding carboxylic acids is 1. The number of anilines is 3. The van der Waals surface area contributed by atoms with Gasteiger partial charge in [0.1, 0.15) is 17.5 Å². The molecule has 2 heterocycles.